The van der Waals surface area contributed by atoms with Crippen LogP contribution >= 0.6 is 11.6 Å². The van der Waals surface area contributed by atoms with Crippen LogP contribution in [0.1, 0.15) is 30.7 Å². The first-order valence-electron chi connectivity index (χ1n) is 6.52. The Labute approximate surface area is 121 Å². The van der Waals surface area contributed by atoms with E-state index in [9.17, 15) is 8.78 Å². The molecule has 1 atom stereocenters. The van der Waals surface area contributed by atoms with Gasteiger partial charge >= 0.3 is 0 Å². The molecule has 1 heterocycles. The highest BCUT2D eigenvalue weighted by atomic mass is 35.5. The van der Waals surface area contributed by atoms with Crippen LogP contribution in [0.15, 0.2) is 34.7 Å². The molecule has 2 aromatic rings. The van der Waals surface area contributed by atoms with Crippen molar-refractivity contribution in [1.29, 1.82) is 0 Å². The van der Waals surface area contributed by atoms with E-state index in [0.717, 1.165) is 19.0 Å². The van der Waals surface area contributed by atoms with Crippen LogP contribution in [0.4, 0.5) is 8.78 Å². The molecule has 108 valence electrons. The monoisotopic (exact) mass is 299 g/mol. The number of rotatable bonds is 6. The Hall–Kier alpha value is -1.39. The topological polar surface area (TPSA) is 25.2 Å². The fourth-order valence-corrected chi connectivity index (χ4v) is 2.17. The predicted octanol–water partition coefficient (Wildman–Crippen LogP) is 4.49. The van der Waals surface area contributed by atoms with E-state index in [1.54, 1.807) is 12.1 Å². The summed E-state index contributed by atoms with van der Waals surface area (Å²) in [5.74, 6) is -0.483. The lowest BCUT2D eigenvalue weighted by Gasteiger charge is -2.16. The van der Waals surface area contributed by atoms with Gasteiger partial charge in [-0.15, -0.1) is 0 Å². The summed E-state index contributed by atoms with van der Waals surface area (Å²) >= 11 is 5.78. The second-order valence-electron chi connectivity index (χ2n) is 4.59. The zero-order valence-corrected chi connectivity index (χ0v) is 11.9. The lowest BCUT2D eigenvalue weighted by Crippen LogP contribution is -2.24. The minimum atomic E-state index is -0.578. The molecule has 1 aromatic carbocycles. The fourth-order valence-electron chi connectivity index (χ4n) is 2.01. The average Bonchev–Trinajstić information content (AvgIpc) is 2.83. The van der Waals surface area contributed by atoms with Crippen LogP contribution in [0.3, 0.4) is 0 Å². The number of benzene rings is 1. The van der Waals surface area contributed by atoms with Gasteiger partial charge in [0, 0.05) is 6.07 Å². The van der Waals surface area contributed by atoms with Crippen LogP contribution in [-0.4, -0.2) is 6.54 Å². The molecule has 2 rings (SSSR count). The fraction of sp³-hybridized carbons (Fsp3) is 0.333. The molecule has 0 aliphatic carbocycles. The maximum Gasteiger partial charge on any atom is 0.193 e. The minimum Gasteiger partial charge on any atom is -0.448 e. The van der Waals surface area contributed by atoms with E-state index in [1.165, 1.54) is 12.1 Å². The van der Waals surface area contributed by atoms with Gasteiger partial charge in [-0.25, -0.2) is 8.78 Å². The van der Waals surface area contributed by atoms with Gasteiger partial charge < -0.3 is 9.73 Å². The first-order valence-corrected chi connectivity index (χ1v) is 6.90. The Bertz CT molecular complexity index is 571. The third-order valence-corrected chi connectivity index (χ3v) is 3.22. The summed E-state index contributed by atoms with van der Waals surface area (Å²) in [6, 6.07) is 6.82. The zero-order valence-electron chi connectivity index (χ0n) is 11.1. The molecule has 20 heavy (non-hydrogen) atoms. The lowest BCUT2D eigenvalue weighted by molar-refractivity contribution is 0.407. The van der Waals surface area contributed by atoms with E-state index < -0.39 is 11.6 Å². The number of hydrogen-bond donors (Lipinski definition) is 1. The van der Waals surface area contributed by atoms with E-state index in [2.05, 4.69) is 5.32 Å². The Balaban J connectivity index is 2.18. The van der Waals surface area contributed by atoms with Crippen molar-refractivity contribution in [3.8, 4) is 0 Å². The number of halogens is 3. The van der Waals surface area contributed by atoms with Crippen molar-refractivity contribution in [2.45, 2.75) is 25.8 Å². The van der Waals surface area contributed by atoms with E-state index in [4.69, 9.17) is 16.0 Å². The van der Waals surface area contributed by atoms with Gasteiger partial charge in [-0.3, -0.25) is 0 Å². The molecule has 2 nitrogen and oxygen atoms in total. The van der Waals surface area contributed by atoms with E-state index in [-0.39, 0.29) is 6.04 Å². The van der Waals surface area contributed by atoms with Gasteiger partial charge in [-0.1, -0.05) is 13.0 Å². The SMILES string of the molecule is CCCNC(Cc1ccc(F)cc1F)c1ccc(Cl)o1. The Morgan fingerprint density at radius 2 is 2.05 bits per heavy atom. The third kappa shape index (κ3) is 3.81. The molecule has 0 saturated carbocycles. The van der Waals surface area contributed by atoms with Crippen molar-refractivity contribution in [3.63, 3.8) is 0 Å². The second kappa shape index (κ2) is 6.86. The number of nitrogens with one attached hydrogen (secondary N) is 1. The summed E-state index contributed by atoms with van der Waals surface area (Å²) in [5.41, 5.74) is 0.438. The summed E-state index contributed by atoms with van der Waals surface area (Å²) in [6.07, 6.45) is 1.31. The number of furan rings is 1. The quantitative estimate of drug-likeness (QED) is 0.850. The van der Waals surface area contributed by atoms with Crippen molar-refractivity contribution in [1.82, 2.24) is 5.32 Å². The summed E-state index contributed by atoms with van der Waals surface area (Å²) in [5, 5.41) is 3.57. The van der Waals surface area contributed by atoms with Gasteiger partial charge in [0.15, 0.2) is 5.22 Å². The molecule has 1 N–H and O–H groups in total. The highest BCUT2D eigenvalue weighted by molar-refractivity contribution is 6.28. The van der Waals surface area contributed by atoms with Crippen LogP contribution in [0, 0.1) is 11.6 Å². The van der Waals surface area contributed by atoms with Gasteiger partial charge in [0.05, 0.1) is 6.04 Å². The maximum absolute atomic E-state index is 13.7. The maximum atomic E-state index is 13.7. The van der Waals surface area contributed by atoms with Crippen molar-refractivity contribution in [2.24, 2.45) is 0 Å². The van der Waals surface area contributed by atoms with Crippen molar-refractivity contribution >= 4 is 11.6 Å². The first-order chi connectivity index (χ1) is 9.60. The Kier molecular flexibility index (Phi) is 5.15. The largest absolute Gasteiger partial charge is 0.448 e. The predicted molar refractivity (Wildman–Crippen MR) is 74.8 cm³/mol. The van der Waals surface area contributed by atoms with Crippen molar-refractivity contribution < 1.29 is 13.2 Å². The molecular weight excluding hydrogens is 284 g/mol. The van der Waals surface area contributed by atoms with Gasteiger partial charge in [-0.05, 0) is 54.7 Å². The average molecular weight is 300 g/mol. The van der Waals surface area contributed by atoms with Crippen LogP contribution < -0.4 is 5.32 Å². The molecule has 1 aromatic heterocycles. The molecule has 5 heteroatoms. The molecule has 0 fully saturated rings. The van der Waals surface area contributed by atoms with Crippen LogP contribution in [0.25, 0.3) is 0 Å². The standard InChI is InChI=1S/C15H16ClF2NO/c1-2-7-19-13(14-5-6-15(16)20-14)8-10-3-4-11(17)9-12(10)18/h3-6,9,13,19H,2,7-8H2,1H3. The Morgan fingerprint density at radius 3 is 2.65 bits per heavy atom. The van der Waals surface area contributed by atoms with Crippen molar-refractivity contribution in [3.05, 3.63) is 58.5 Å². The lowest BCUT2D eigenvalue weighted by atomic mass is 10.0. The summed E-state index contributed by atoms with van der Waals surface area (Å²) in [4.78, 5) is 0. The molecule has 0 saturated heterocycles. The highest BCUT2D eigenvalue weighted by Crippen LogP contribution is 2.24. The summed E-state index contributed by atoms with van der Waals surface area (Å²) in [7, 11) is 0. The van der Waals surface area contributed by atoms with E-state index >= 15 is 0 Å². The smallest absolute Gasteiger partial charge is 0.193 e. The number of hydrogen-bond acceptors (Lipinski definition) is 2. The molecule has 0 amide bonds. The van der Waals surface area contributed by atoms with Crippen LogP contribution in [0.5, 0.6) is 0 Å². The summed E-state index contributed by atoms with van der Waals surface area (Å²) in [6.45, 7) is 2.81. The molecule has 0 radical (unpaired) electrons. The van der Waals surface area contributed by atoms with Crippen molar-refractivity contribution in [2.75, 3.05) is 6.54 Å². The van der Waals surface area contributed by atoms with Gasteiger partial charge in [0.2, 0.25) is 0 Å². The molecule has 0 bridgehead atoms. The van der Waals surface area contributed by atoms with E-state index in [0.29, 0.717) is 23.0 Å². The normalized spacial score (nSPS) is 12.6. The van der Waals surface area contributed by atoms with Gasteiger partial charge in [0.1, 0.15) is 17.4 Å². The van der Waals surface area contributed by atoms with Gasteiger partial charge in [-0.2, -0.15) is 0 Å². The summed E-state index contributed by atoms with van der Waals surface area (Å²) < 4.78 is 32.0. The molecule has 1 unspecified atom stereocenters. The zero-order chi connectivity index (χ0) is 14.5. The van der Waals surface area contributed by atoms with Crippen LogP contribution in [-0.2, 0) is 6.42 Å². The molecule has 0 spiro atoms. The molecule has 0 aliphatic heterocycles. The molecule has 0 aliphatic rings. The first kappa shape index (κ1) is 15.0. The highest BCUT2D eigenvalue weighted by Gasteiger charge is 2.17. The van der Waals surface area contributed by atoms with Gasteiger partial charge in [0.25, 0.3) is 0 Å². The second-order valence-corrected chi connectivity index (χ2v) is 4.96. The Morgan fingerprint density at radius 1 is 1.25 bits per heavy atom. The minimum absolute atomic E-state index is 0.192. The third-order valence-electron chi connectivity index (χ3n) is 3.02. The molecular formula is C15H16ClF2NO. The van der Waals surface area contributed by atoms with E-state index in [1.807, 2.05) is 6.92 Å². The van der Waals surface area contributed by atoms with Crippen LogP contribution in [0.2, 0.25) is 5.22 Å².